The van der Waals surface area contributed by atoms with Crippen molar-refractivity contribution in [1.29, 1.82) is 0 Å². The number of rotatable bonds is 12. The minimum atomic E-state index is -1.88. The smallest absolute Gasteiger partial charge is 0.348 e. The van der Waals surface area contributed by atoms with Crippen LogP contribution < -0.4 is 0 Å². The van der Waals surface area contributed by atoms with E-state index >= 15 is 0 Å². The number of esters is 1. The van der Waals surface area contributed by atoms with Gasteiger partial charge < -0.3 is 9.16 Å². The van der Waals surface area contributed by atoms with E-state index in [9.17, 15) is 9.18 Å². The van der Waals surface area contributed by atoms with Crippen molar-refractivity contribution in [2.24, 2.45) is 17.3 Å². The van der Waals surface area contributed by atoms with Crippen LogP contribution in [0.4, 0.5) is 4.39 Å². The first-order valence-corrected chi connectivity index (χ1v) is 17.8. The van der Waals surface area contributed by atoms with Gasteiger partial charge in [-0.15, -0.1) is 11.3 Å². The fraction of sp³-hybridized carbons (Fsp3) is 0.767. The highest BCUT2D eigenvalue weighted by Crippen LogP contribution is 2.51. The SMILES string of the molecule is CCC1(C(CC=C[C@@H]2[C@@H](CCCc3ccc(C(=O)OC)s3)CC[C@@H]2F)O[Si](C)(C)C(C)(C)C)CCC1. The maximum Gasteiger partial charge on any atom is 0.348 e. The van der Waals surface area contributed by atoms with Gasteiger partial charge >= 0.3 is 5.97 Å². The second-order valence-electron chi connectivity index (χ2n) is 12.7. The highest BCUT2D eigenvalue weighted by molar-refractivity contribution is 7.13. The molecule has 3 rings (SSSR count). The first-order valence-electron chi connectivity index (χ1n) is 14.1. The summed E-state index contributed by atoms with van der Waals surface area (Å²) in [4.78, 5) is 13.6. The molecule has 0 aliphatic heterocycles. The highest BCUT2D eigenvalue weighted by Gasteiger charge is 2.47. The number of carbonyl (C=O) groups is 1. The van der Waals surface area contributed by atoms with Gasteiger partial charge in [0.25, 0.3) is 0 Å². The van der Waals surface area contributed by atoms with Gasteiger partial charge in [-0.25, -0.2) is 9.18 Å². The molecule has 1 heterocycles. The van der Waals surface area contributed by atoms with Crippen molar-refractivity contribution in [3.63, 3.8) is 0 Å². The summed E-state index contributed by atoms with van der Waals surface area (Å²) >= 11 is 1.51. The van der Waals surface area contributed by atoms with E-state index in [1.165, 1.54) is 49.0 Å². The molecule has 2 aliphatic carbocycles. The predicted molar refractivity (Wildman–Crippen MR) is 152 cm³/mol. The Labute approximate surface area is 224 Å². The molecule has 1 aromatic heterocycles. The quantitative estimate of drug-likeness (QED) is 0.152. The maximum atomic E-state index is 14.9. The summed E-state index contributed by atoms with van der Waals surface area (Å²) < 4.78 is 26.8. The average molecular weight is 537 g/mol. The molecule has 0 amide bonds. The molecule has 0 N–H and O–H groups in total. The summed E-state index contributed by atoms with van der Waals surface area (Å²) in [7, 11) is -0.463. The highest BCUT2D eigenvalue weighted by atomic mass is 32.1. The van der Waals surface area contributed by atoms with Gasteiger partial charge in [-0.1, -0.05) is 46.3 Å². The lowest BCUT2D eigenvalue weighted by molar-refractivity contribution is -0.0272. The normalized spacial score (nSPS) is 25.2. The molecule has 204 valence electrons. The molecule has 0 aromatic carbocycles. The third-order valence-corrected chi connectivity index (χ3v) is 15.1. The zero-order valence-electron chi connectivity index (χ0n) is 23.7. The van der Waals surface area contributed by atoms with Gasteiger partial charge in [-0.3, -0.25) is 0 Å². The molecule has 2 saturated carbocycles. The van der Waals surface area contributed by atoms with Gasteiger partial charge in [0.15, 0.2) is 8.32 Å². The average Bonchev–Trinajstić information content (AvgIpc) is 3.39. The minimum absolute atomic E-state index is 0.0199. The molecule has 4 atom stereocenters. The van der Waals surface area contributed by atoms with Crippen LogP contribution in [0.1, 0.15) is 100 Å². The van der Waals surface area contributed by atoms with Crippen molar-refractivity contribution in [3.05, 3.63) is 34.0 Å². The van der Waals surface area contributed by atoms with E-state index in [0.717, 1.165) is 32.1 Å². The summed E-state index contributed by atoms with van der Waals surface area (Å²) in [5.41, 5.74) is 0.299. The molecule has 0 saturated heterocycles. The fourth-order valence-electron chi connectivity index (χ4n) is 5.78. The second kappa shape index (κ2) is 12.3. The van der Waals surface area contributed by atoms with Crippen LogP contribution in [-0.4, -0.2) is 33.7 Å². The molecular weight excluding hydrogens is 487 g/mol. The van der Waals surface area contributed by atoms with E-state index in [1.807, 2.05) is 12.1 Å². The van der Waals surface area contributed by atoms with Crippen LogP contribution in [0, 0.1) is 17.3 Å². The number of methoxy groups -OCH3 is 1. The Kier molecular flexibility index (Phi) is 10.1. The molecule has 6 heteroatoms. The number of thiophene rings is 1. The molecule has 3 nitrogen and oxygen atoms in total. The number of carbonyl (C=O) groups excluding carboxylic acids is 1. The Morgan fingerprint density at radius 1 is 1.28 bits per heavy atom. The largest absolute Gasteiger partial charge is 0.465 e. The topological polar surface area (TPSA) is 35.5 Å². The summed E-state index contributed by atoms with van der Waals surface area (Å²) in [5, 5.41) is 0.189. The summed E-state index contributed by atoms with van der Waals surface area (Å²) in [6.07, 6.45) is 14.5. The zero-order chi connectivity index (χ0) is 26.6. The molecule has 0 radical (unpaired) electrons. The van der Waals surface area contributed by atoms with Crippen molar-refractivity contribution in [1.82, 2.24) is 0 Å². The minimum Gasteiger partial charge on any atom is -0.465 e. The van der Waals surface area contributed by atoms with Crippen LogP contribution in [0.2, 0.25) is 18.1 Å². The third-order valence-electron chi connectivity index (χ3n) is 9.51. The Hall–Kier alpha value is -0.983. The molecule has 0 spiro atoms. The second-order valence-corrected chi connectivity index (χ2v) is 18.6. The van der Waals surface area contributed by atoms with Gasteiger partial charge in [0, 0.05) is 10.8 Å². The van der Waals surface area contributed by atoms with E-state index in [4.69, 9.17) is 9.16 Å². The molecule has 1 unspecified atom stereocenters. The van der Waals surface area contributed by atoms with Crippen molar-refractivity contribution in [2.75, 3.05) is 7.11 Å². The number of alkyl halides is 1. The van der Waals surface area contributed by atoms with Gasteiger partial charge in [0.2, 0.25) is 0 Å². The summed E-state index contributed by atoms with van der Waals surface area (Å²) in [6, 6.07) is 3.87. The first-order chi connectivity index (χ1) is 16.9. The molecule has 0 bridgehead atoms. The molecule has 1 aromatic rings. The van der Waals surface area contributed by atoms with E-state index in [-0.39, 0.29) is 23.0 Å². The van der Waals surface area contributed by atoms with E-state index in [2.05, 4.69) is 52.9 Å². The van der Waals surface area contributed by atoms with Crippen LogP contribution in [0.25, 0.3) is 0 Å². The lowest BCUT2D eigenvalue weighted by Gasteiger charge is -2.51. The summed E-state index contributed by atoms with van der Waals surface area (Å²) in [5.74, 6) is 0.154. The van der Waals surface area contributed by atoms with Crippen molar-refractivity contribution in [2.45, 2.75) is 122 Å². The Balaban J connectivity index is 1.59. The monoisotopic (exact) mass is 536 g/mol. The summed E-state index contributed by atoms with van der Waals surface area (Å²) in [6.45, 7) is 14.0. The lowest BCUT2D eigenvalue weighted by Crippen LogP contribution is -2.51. The van der Waals surface area contributed by atoms with Gasteiger partial charge in [-0.05, 0) is 99.4 Å². The first kappa shape index (κ1) is 29.6. The standard InChI is InChI=1S/C30H49FO3SSi/c1-8-30(20-11-21-30)27(34-36(6,7)29(2,3)4)15-10-14-24-22(16-18-25(24)31)12-9-13-23-17-19-26(35-23)28(32)33-5/h10,14,17,19,22,24-25,27H,8-9,11-13,15-16,18,20-21H2,1-7H3/t22-,24+,25-,27?/m0/s1. The van der Waals surface area contributed by atoms with Crippen molar-refractivity contribution >= 4 is 25.6 Å². The Bertz CT molecular complexity index is 877. The Morgan fingerprint density at radius 3 is 2.58 bits per heavy atom. The number of aryl methyl sites for hydroxylation is 1. The van der Waals surface area contributed by atoms with Crippen molar-refractivity contribution < 1.29 is 18.3 Å². The molecular formula is C30H49FO3SSi. The maximum absolute atomic E-state index is 14.9. The van der Waals surface area contributed by atoms with Crippen molar-refractivity contribution in [3.8, 4) is 0 Å². The number of halogens is 1. The van der Waals surface area contributed by atoms with Crippen LogP contribution in [0.3, 0.4) is 0 Å². The third kappa shape index (κ3) is 6.90. The molecule has 36 heavy (non-hydrogen) atoms. The van der Waals surface area contributed by atoms with Crippen LogP contribution in [-0.2, 0) is 15.6 Å². The number of allylic oxidation sites excluding steroid dienone is 1. The number of hydrogen-bond acceptors (Lipinski definition) is 4. The fourth-order valence-corrected chi connectivity index (χ4v) is 8.16. The molecule has 2 fully saturated rings. The number of ether oxygens (including phenoxy) is 1. The van der Waals surface area contributed by atoms with Gasteiger partial charge in [0.05, 0.1) is 13.2 Å². The number of hydrogen-bond donors (Lipinski definition) is 0. The Morgan fingerprint density at radius 2 is 2.00 bits per heavy atom. The van der Waals surface area contributed by atoms with Crippen LogP contribution in [0.5, 0.6) is 0 Å². The van der Waals surface area contributed by atoms with E-state index in [1.54, 1.807) is 0 Å². The van der Waals surface area contributed by atoms with E-state index < -0.39 is 14.5 Å². The lowest BCUT2D eigenvalue weighted by atomic mass is 9.63. The van der Waals surface area contributed by atoms with Gasteiger partial charge in [0.1, 0.15) is 11.0 Å². The van der Waals surface area contributed by atoms with E-state index in [0.29, 0.717) is 22.6 Å². The predicted octanol–water partition coefficient (Wildman–Crippen LogP) is 9.14. The molecule has 2 aliphatic rings. The van der Waals surface area contributed by atoms with Crippen LogP contribution >= 0.6 is 11.3 Å². The van der Waals surface area contributed by atoms with Crippen LogP contribution in [0.15, 0.2) is 24.3 Å². The zero-order valence-corrected chi connectivity index (χ0v) is 25.5. The van der Waals surface area contributed by atoms with Gasteiger partial charge in [-0.2, -0.15) is 0 Å².